The largest absolute Gasteiger partial charge is 0.506 e. The van der Waals surface area contributed by atoms with Gasteiger partial charge in [0, 0.05) is 5.56 Å². The van der Waals surface area contributed by atoms with Crippen molar-refractivity contribution in [2.24, 2.45) is 0 Å². The Morgan fingerprint density at radius 2 is 2.06 bits per heavy atom. The van der Waals surface area contributed by atoms with Crippen molar-refractivity contribution in [2.45, 2.75) is 0 Å². The number of aromatic nitrogens is 1. The summed E-state index contributed by atoms with van der Waals surface area (Å²) in [6.07, 6.45) is 1.36. The highest BCUT2D eigenvalue weighted by Gasteiger charge is 2.04. The molecule has 16 heavy (non-hydrogen) atoms. The molecule has 0 fully saturated rings. The minimum Gasteiger partial charge on any atom is -0.506 e. The summed E-state index contributed by atoms with van der Waals surface area (Å²) in [6, 6.07) is 10.3. The van der Waals surface area contributed by atoms with E-state index in [0.29, 0.717) is 16.3 Å². The lowest BCUT2D eigenvalue weighted by Crippen LogP contribution is -1.84. The van der Waals surface area contributed by atoms with Crippen LogP contribution in [0.15, 0.2) is 36.5 Å². The van der Waals surface area contributed by atoms with Gasteiger partial charge in [-0.2, -0.15) is 5.26 Å². The molecule has 1 heterocycles. The van der Waals surface area contributed by atoms with Crippen molar-refractivity contribution in [1.82, 2.24) is 4.98 Å². The smallest absolute Gasteiger partial charge is 0.133 e. The molecule has 1 aromatic carbocycles. The Morgan fingerprint density at radius 1 is 1.25 bits per heavy atom. The van der Waals surface area contributed by atoms with E-state index in [-0.39, 0.29) is 5.75 Å². The summed E-state index contributed by atoms with van der Waals surface area (Å²) < 4.78 is 0. The average molecular weight is 231 g/mol. The predicted molar refractivity (Wildman–Crippen MR) is 61.1 cm³/mol. The summed E-state index contributed by atoms with van der Waals surface area (Å²) in [7, 11) is 0. The van der Waals surface area contributed by atoms with Crippen LogP contribution >= 0.6 is 11.6 Å². The van der Waals surface area contributed by atoms with Crippen molar-refractivity contribution >= 4 is 11.6 Å². The van der Waals surface area contributed by atoms with Crippen molar-refractivity contribution in [1.29, 1.82) is 5.26 Å². The average Bonchev–Trinajstić information content (AvgIpc) is 2.31. The molecular formula is C12H7ClN2O. The Kier molecular flexibility index (Phi) is 2.76. The van der Waals surface area contributed by atoms with E-state index in [9.17, 15) is 0 Å². The Bertz CT molecular complexity index is 558. The molecule has 0 amide bonds. The van der Waals surface area contributed by atoms with Gasteiger partial charge in [0.1, 0.15) is 11.8 Å². The topological polar surface area (TPSA) is 56.9 Å². The molecule has 0 aliphatic heterocycles. The lowest BCUT2D eigenvalue weighted by Gasteiger charge is -2.02. The minimum absolute atomic E-state index is 0.109. The highest BCUT2D eigenvalue weighted by Crippen LogP contribution is 2.24. The van der Waals surface area contributed by atoms with Crippen LogP contribution in [0.25, 0.3) is 11.3 Å². The third-order valence-electron chi connectivity index (χ3n) is 2.13. The molecule has 0 aliphatic rings. The zero-order chi connectivity index (χ0) is 11.5. The standard InChI is InChI=1S/C12H7ClN2O/c13-11-3-1-8(5-9(11)6-14)12-4-2-10(16)7-15-12/h1-5,7,16H. The number of nitrogens with zero attached hydrogens (tertiary/aromatic N) is 2. The fourth-order valence-electron chi connectivity index (χ4n) is 1.33. The maximum atomic E-state index is 9.11. The number of rotatable bonds is 1. The van der Waals surface area contributed by atoms with Crippen LogP contribution in [0.4, 0.5) is 0 Å². The summed E-state index contributed by atoms with van der Waals surface area (Å²) in [6.45, 7) is 0. The van der Waals surface area contributed by atoms with Crippen LogP contribution in [0.5, 0.6) is 5.75 Å². The number of hydrogen-bond donors (Lipinski definition) is 1. The van der Waals surface area contributed by atoms with Crippen LogP contribution in [0, 0.1) is 11.3 Å². The van der Waals surface area contributed by atoms with Crippen molar-refractivity contribution in [2.75, 3.05) is 0 Å². The molecule has 0 aliphatic carbocycles. The maximum Gasteiger partial charge on any atom is 0.133 e. The van der Waals surface area contributed by atoms with Crippen molar-refractivity contribution in [3.05, 3.63) is 47.1 Å². The van der Waals surface area contributed by atoms with Gasteiger partial charge in [-0.3, -0.25) is 4.98 Å². The maximum absolute atomic E-state index is 9.11. The van der Waals surface area contributed by atoms with E-state index < -0.39 is 0 Å². The molecular weight excluding hydrogens is 224 g/mol. The molecule has 3 nitrogen and oxygen atoms in total. The highest BCUT2D eigenvalue weighted by molar-refractivity contribution is 6.31. The zero-order valence-electron chi connectivity index (χ0n) is 8.18. The van der Waals surface area contributed by atoms with Crippen LogP contribution in [0.3, 0.4) is 0 Å². The Hall–Kier alpha value is -2.05. The van der Waals surface area contributed by atoms with Crippen LogP contribution in [-0.2, 0) is 0 Å². The van der Waals surface area contributed by atoms with E-state index >= 15 is 0 Å². The summed E-state index contributed by atoms with van der Waals surface area (Å²) in [4.78, 5) is 4.05. The summed E-state index contributed by atoms with van der Waals surface area (Å²) in [5.41, 5.74) is 1.89. The van der Waals surface area contributed by atoms with Crippen LogP contribution in [0.1, 0.15) is 5.56 Å². The van der Waals surface area contributed by atoms with Crippen LogP contribution in [-0.4, -0.2) is 10.1 Å². The van der Waals surface area contributed by atoms with Gasteiger partial charge in [-0.1, -0.05) is 17.7 Å². The lowest BCUT2D eigenvalue weighted by atomic mass is 10.1. The summed E-state index contributed by atoms with van der Waals surface area (Å²) >= 11 is 5.83. The first kappa shape index (κ1) is 10.5. The molecule has 0 bridgehead atoms. The first-order chi connectivity index (χ1) is 7.70. The minimum atomic E-state index is 0.109. The van der Waals surface area contributed by atoms with Gasteiger partial charge in [0.05, 0.1) is 22.5 Å². The fourth-order valence-corrected chi connectivity index (χ4v) is 1.49. The third-order valence-corrected chi connectivity index (χ3v) is 2.46. The van der Waals surface area contributed by atoms with Gasteiger partial charge >= 0.3 is 0 Å². The van der Waals surface area contributed by atoms with E-state index in [1.165, 1.54) is 6.20 Å². The number of aromatic hydroxyl groups is 1. The Balaban J connectivity index is 2.49. The molecule has 4 heteroatoms. The molecule has 0 saturated heterocycles. The molecule has 2 aromatic rings. The van der Waals surface area contributed by atoms with Crippen molar-refractivity contribution < 1.29 is 5.11 Å². The monoisotopic (exact) mass is 230 g/mol. The van der Waals surface area contributed by atoms with E-state index in [1.54, 1.807) is 30.3 Å². The molecule has 0 unspecified atom stereocenters. The number of pyridine rings is 1. The molecule has 2 rings (SSSR count). The van der Waals surface area contributed by atoms with Gasteiger partial charge in [-0.05, 0) is 24.3 Å². The second-order valence-electron chi connectivity index (χ2n) is 3.21. The quantitative estimate of drug-likeness (QED) is 0.819. The first-order valence-corrected chi connectivity index (χ1v) is 4.93. The third kappa shape index (κ3) is 1.97. The van der Waals surface area contributed by atoms with E-state index in [1.807, 2.05) is 6.07 Å². The van der Waals surface area contributed by atoms with Crippen LogP contribution < -0.4 is 0 Å². The van der Waals surface area contributed by atoms with Gasteiger partial charge in [0.2, 0.25) is 0 Å². The van der Waals surface area contributed by atoms with E-state index in [4.69, 9.17) is 22.0 Å². The normalized spacial score (nSPS) is 9.75. The van der Waals surface area contributed by atoms with Crippen molar-refractivity contribution in [3.63, 3.8) is 0 Å². The first-order valence-electron chi connectivity index (χ1n) is 4.56. The number of nitriles is 1. The molecule has 1 aromatic heterocycles. The lowest BCUT2D eigenvalue weighted by molar-refractivity contribution is 0.473. The highest BCUT2D eigenvalue weighted by atomic mass is 35.5. The van der Waals surface area contributed by atoms with Gasteiger partial charge in [0.15, 0.2) is 0 Å². The number of halogens is 1. The van der Waals surface area contributed by atoms with Crippen LogP contribution in [0.2, 0.25) is 5.02 Å². The fraction of sp³-hybridized carbons (Fsp3) is 0. The van der Waals surface area contributed by atoms with Crippen molar-refractivity contribution in [3.8, 4) is 23.1 Å². The Labute approximate surface area is 97.6 Å². The van der Waals surface area contributed by atoms with E-state index in [0.717, 1.165) is 5.56 Å². The van der Waals surface area contributed by atoms with Gasteiger partial charge in [-0.25, -0.2) is 0 Å². The second-order valence-corrected chi connectivity index (χ2v) is 3.62. The van der Waals surface area contributed by atoms with Gasteiger partial charge in [0.25, 0.3) is 0 Å². The molecule has 0 radical (unpaired) electrons. The second kappa shape index (κ2) is 4.21. The predicted octanol–water partition coefficient (Wildman–Crippen LogP) is 2.98. The molecule has 1 N–H and O–H groups in total. The summed E-state index contributed by atoms with van der Waals surface area (Å²) in [5, 5.41) is 18.4. The van der Waals surface area contributed by atoms with Gasteiger partial charge < -0.3 is 5.11 Å². The molecule has 78 valence electrons. The molecule has 0 atom stereocenters. The SMILES string of the molecule is N#Cc1cc(-c2ccc(O)cn2)ccc1Cl. The van der Waals surface area contributed by atoms with Gasteiger partial charge in [-0.15, -0.1) is 0 Å². The molecule has 0 spiro atoms. The van der Waals surface area contributed by atoms with E-state index in [2.05, 4.69) is 4.98 Å². The molecule has 0 saturated carbocycles. The number of benzene rings is 1. The zero-order valence-corrected chi connectivity index (χ0v) is 8.94. The Morgan fingerprint density at radius 3 is 2.69 bits per heavy atom. The summed E-state index contributed by atoms with van der Waals surface area (Å²) in [5.74, 6) is 0.109. The number of hydrogen-bond acceptors (Lipinski definition) is 3.